The zero-order valence-corrected chi connectivity index (χ0v) is 11.3. The molecular formula is C13H17F3N2O. The molecule has 106 valence electrons. The summed E-state index contributed by atoms with van der Waals surface area (Å²) in [6.45, 7) is 4.93. The highest BCUT2D eigenvalue weighted by Crippen LogP contribution is 2.32. The van der Waals surface area contributed by atoms with E-state index in [1.54, 1.807) is 27.8 Å². The number of carbonyl (C=O) groups is 1. The molecule has 0 radical (unpaired) electrons. The highest BCUT2D eigenvalue weighted by molar-refractivity contribution is 5.98. The lowest BCUT2D eigenvalue weighted by Gasteiger charge is -2.23. The summed E-state index contributed by atoms with van der Waals surface area (Å²) in [7, 11) is 1.61. The zero-order valence-electron chi connectivity index (χ0n) is 11.3. The van der Waals surface area contributed by atoms with E-state index < -0.39 is 23.2 Å². The fourth-order valence-electron chi connectivity index (χ4n) is 1.33. The maximum atomic E-state index is 12.6. The minimum Gasteiger partial charge on any atom is -0.324 e. The van der Waals surface area contributed by atoms with Crippen LogP contribution in [-0.2, 0) is 11.0 Å². The van der Waals surface area contributed by atoms with Crippen molar-refractivity contribution in [3.8, 4) is 0 Å². The van der Waals surface area contributed by atoms with E-state index in [-0.39, 0.29) is 5.69 Å². The molecule has 0 aliphatic rings. The molecule has 1 aromatic rings. The Labute approximate surface area is 110 Å². The molecule has 0 saturated heterocycles. The molecule has 0 aromatic heterocycles. The number of nitrogens with one attached hydrogen (secondary N) is 2. The van der Waals surface area contributed by atoms with Gasteiger partial charge in [0.1, 0.15) is 0 Å². The van der Waals surface area contributed by atoms with Crippen molar-refractivity contribution < 1.29 is 18.0 Å². The third-order valence-electron chi connectivity index (χ3n) is 3.01. The molecule has 0 bridgehead atoms. The van der Waals surface area contributed by atoms with Crippen LogP contribution in [0.5, 0.6) is 0 Å². The molecule has 6 heteroatoms. The molecule has 19 heavy (non-hydrogen) atoms. The molecule has 0 heterocycles. The van der Waals surface area contributed by atoms with Crippen molar-refractivity contribution in [2.75, 3.05) is 12.4 Å². The van der Waals surface area contributed by atoms with Crippen LogP contribution in [0.3, 0.4) is 0 Å². The van der Waals surface area contributed by atoms with Gasteiger partial charge in [-0.1, -0.05) is 6.07 Å². The Bertz CT molecular complexity index is 481. The molecule has 0 saturated carbocycles. The first-order valence-electron chi connectivity index (χ1n) is 5.76. The Hall–Kier alpha value is -1.56. The van der Waals surface area contributed by atoms with E-state index in [1.165, 1.54) is 6.07 Å². The van der Waals surface area contributed by atoms with Crippen LogP contribution in [0, 0.1) is 6.92 Å². The van der Waals surface area contributed by atoms with E-state index in [1.807, 2.05) is 0 Å². The fourth-order valence-corrected chi connectivity index (χ4v) is 1.33. The van der Waals surface area contributed by atoms with Crippen LogP contribution in [0.15, 0.2) is 18.2 Å². The lowest BCUT2D eigenvalue weighted by Crippen LogP contribution is -2.48. The standard InChI is InChI=1S/C13H17F3N2O/c1-8-5-6-9(13(14,15)16)7-10(8)18-11(19)12(2,3)17-4/h5-7,17H,1-4H3,(H,18,19). The summed E-state index contributed by atoms with van der Waals surface area (Å²) in [6.07, 6.45) is -4.42. The van der Waals surface area contributed by atoms with Gasteiger partial charge in [0.25, 0.3) is 0 Å². The molecule has 2 N–H and O–H groups in total. The van der Waals surface area contributed by atoms with Crippen LogP contribution in [0.4, 0.5) is 18.9 Å². The van der Waals surface area contributed by atoms with Crippen molar-refractivity contribution in [3.63, 3.8) is 0 Å². The van der Waals surface area contributed by atoms with Crippen LogP contribution in [-0.4, -0.2) is 18.5 Å². The Morgan fingerprint density at radius 3 is 2.26 bits per heavy atom. The number of hydrogen-bond donors (Lipinski definition) is 2. The summed E-state index contributed by atoms with van der Waals surface area (Å²) in [5, 5.41) is 5.30. The van der Waals surface area contributed by atoms with Crippen molar-refractivity contribution in [1.29, 1.82) is 0 Å². The molecule has 0 fully saturated rings. The summed E-state index contributed by atoms with van der Waals surface area (Å²) in [5.41, 5.74) is -0.896. The summed E-state index contributed by atoms with van der Waals surface area (Å²) in [6, 6.07) is 3.28. The second kappa shape index (κ2) is 5.21. The Kier molecular flexibility index (Phi) is 4.25. The fraction of sp³-hybridized carbons (Fsp3) is 0.462. The van der Waals surface area contributed by atoms with Gasteiger partial charge in [0.05, 0.1) is 11.1 Å². The van der Waals surface area contributed by atoms with E-state index in [9.17, 15) is 18.0 Å². The highest BCUT2D eigenvalue weighted by Gasteiger charge is 2.31. The summed E-state index contributed by atoms with van der Waals surface area (Å²) >= 11 is 0. The third kappa shape index (κ3) is 3.70. The van der Waals surface area contributed by atoms with Gasteiger partial charge in [-0.05, 0) is 45.5 Å². The van der Waals surface area contributed by atoms with Crippen LogP contribution in [0.2, 0.25) is 0 Å². The number of hydrogen-bond acceptors (Lipinski definition) is 2. The van der Waals surface area contributed by atoms with E-state index in [2.05, 4.69) is 10.6 Å². The molecule has 1 amide bonds. The summed E-state index contributed by atoms with van der Waals surface area (Å²) < 4.78 is 37.8. The monoisotopic (exact) mass is 274 g/mol. The zero-order chi connectivity index (χ0) is 14.8. The van der Waals surface area contributed by atoms with Crippen LogP contribution in [0.25, 0.3) is 0 Å². The van der Waals surface area contributed by atoms with Crippen molar-refractivity contribution >= 4 is 11.6 Å². The van der Waals surface area contributed by atoms with Gasteiger partial charge in [-0.3, -0.25) is 4.79 Å². The molecule has 0 aliphatic heterocycles. The molecule has 1 rings (SSSR count). The SMILES string of the molecule is CNC(C)(C)C(=O)Nc1cc(C(F)(F)F)ccc1C. The normalized spacial score (nSPS) is 12.4. The number of alkyl halides is 3. The predicted molar refractivity (Wildman–Crippen MR) is 67.9 cm³/mol. The number of carbonyl (C=O) groups excluding carboxylic acids is 1. The smallest absolute Gasteiger partial charge is 0.324 e. The van der Waals surface area contributed by atoms with E-state index in [0.717, 1.165) is 12.1 Å². The van der Waals surface area contributed by atoms with Gasteiger partial charge >= 0.3 is 6.18 Å². The van der Waals surface area contributed by atoms with Gasteiger partial charge in [0.2, 0.25) is 5.91 Å². The maximum absolute atomic E-state index is 12.6. The van der Waals surface area contributed by atoms with Gasteiger partial charge in [0.15, 0.2) is 0 Å². The van der Waals surface area contributed by atoms with Crippen LogP contribution < -0.4 is 10.6 Å². The highest BCUT2D eigenvalue weighted by atomic mass is 19.4. The number of halogens is 3. The molecule has 0 atom stereocenters. The number of likely N-dealkylation sites (N-methyl/N-ethyl adjacent to an activating group) is 1. The molecular weight excluding hydrogens is 257 g/mol. The first-order chi connectivity index (χ1) is 8.58. The minimum absolute atomic E-state index is 0.170. The average molecular weight is 274 g/mol. The second-order valence-corrected chi connectivity index (χ2v) is 4.86. The van der Waals surface area contributed by atoms with Crippen molar-refractivity contribution in [2.45, 2.75) is 32.5 Å². The lowest BCUT2D eigenvalue weighted by molar-refractivity contribution is -0.137. The summed E-state index contributed by atoms with van der Waals surface area (Å²) in [4.78, 5) is 11.9. The first-order valence-corrected chi connectivity index (χ1v) is 5.76. The molecule has 0 spiro atoms. The van der Waals surface area contributed by atoms with E-state index in [4.69, 9.17) is 0 Å². The number of rotatable bonds is 3. The number of aryl methyl sites for hydroxylation is 1. The largest absolute Gasteiger partial charge is 0.416 e. The molecule has 0 unspecified atom stereocenters. The molecule has 1 aromatic carbocycles. The van der Waals surface area contributed by atoms with Crippen molar-refractivity contribution in [3.05, 3.63) is 29.3 Å². The number of anilines is 1. The summed E-state index contributed by atoms with van der Waals surface area (Å²) in [5.74, 6) is -0.391. The quantitative estimate of drug-likeness (QED) is 0.889. The molecule has 3 nitrogen and oxygen atoms in total. The Morgan fingerprint density at radius 2 is 1.79 bits per heavy atom. The number of amides is 1. The van der Waals surface area contributed by atoms with E-state index in [0.29, 0.717) is 5.56 Å². The van der Waals surface area contributed by atoms with Crippen LogP contribution >= 0.6 is 0 Å². The van der Waals surface area contributed by atoms with Crippen molar-refractivity contribution in [2.24, 2.45) is 0 Å². The topological polar surface area (TPSA) is 41.1 Å². The van der Waals surface area contributed by atoms with Gasteiger partial charge in [-0.25, -0.2) is 0 Å². The van der Waals surface area contributed by atoms with E-state index >= 15 is 0 Å². The lowest BCUT2D eigenvalue weighted by atomic mass is 10.0. The first kappa shape index (κ1) is 15.5. The Balaban J connectivity index is 3.05. The average Bonchev–Trinajstić information content (AvgIpc) is 2.30. The van der Waals surface area contributed by atoms with Crippen molar-refractivity contribution in [1.82, 2.24) is 5.32 Å². The van der Waals surface area contributed by atoms with Gasteiger partial charge in [0, 0.05) is 5.69 Å². The Morgan fingerprint density at radius 1 is 1.21 bits per heavy atom. The minimum atomic E-state index is -4.42. The second-order valence-electron chi connectivity index (χ2n) is 4.86. The number of benzene rings is 1. The van der Waals surface area contributed by atoms with Gasteiger partial charge in [-0.2, -0.15) is 13.2 Å². The maximum Gasteiger partial charge on any atom is 0.416 e. The van der Waals surface area contributed by atoms with Crippen LogP contribution in [0.1, 0.15) is 25.0 Å². The third-order valence-corrected chi connectivity index (χ3v) is 3.01. The van der Waals surface area contributed by atoms with Gasteiger partial charge < -0.3 is 10.6 Å². The van der Waals surface area contributed by atoms with Gasteiger partial charge in [-0.15, -0.1) is 0 Å². The predicted octanol–water partition coefficient (Wildman–Crippen LogP) is 2.95. The molecule has 0 aliphatic carbocycles.